The Kier molecular flexibility index (Phi) is 5.67. The maximum atomic E-state index is 9.14. The third-order valence-corrected chi connectivity index (χ3v) is 4.10. The Bertz CT molecular complexity index is 640. The number of nitriles is 1. The Labute approximate surface area is 137 Å². The Balaban J connectivity index is 2.32. The number of morpholine rings is 1. The molecule has 116 valence electrons. The van der Waals surface area contributed by atoms with Crippen molar-refractivity contribution in [1.82, 2.24) is 4.90 Å². The largest absolute Gasteiger partial charge is 0.389 e. The number of hydrogen-bond donors (Lipinski definition) is 1. The molecule has 0 aliphatic carbocycles. The lowest BCUT2D eigenvalue weighted by atomic mass is 9.97. The summed E-state index contributed by atoms with van der Waals surface area (Å²) >= 11 is 4.92. The average molecular weight is 315 g/mol. The van der Waals surface area contributed by atoms with Gasteiger partial charge in [0.1, 0.15) is 11.1 Å². The van der Waals surface area contributed by atoms with Crippen molar-refractivity contribution in [3.8, 4) is 6.07 Å². The lowest BCUT2D eigenvalue weighted by molar-refractivity contribution is 0.0341. The van der Waals surface area contributed by atoms with E-state index in [1.54, 1.807) is 6.08 Å². The summed E-state index contributed by atoms with van der Waals surface area (Å²) in [6.07, 6.45) is 1.79. The van der Waals surface area contributed by atoms with Crippen LogP contribution in [0.25, 0.3) is 6.08 Å². The quantitative estimate of drug-likeness (QED) is 0.525. The minimum atomic E-state index is 0.137. The lowest BCUT2D eigenvalue weighted by Gasteiger charge is -2.27. The molecule has 1 aromatic carbocycles. The zero-order chi connectivity index (χ0) is 16.1. The Morgan fingerprint density at radius 2 is 2.09 bits per heavy atom. The summed E-state index contributed by atoms with van der Waals surface area (Å²) in [5.74, 6) is 0. The van der Waals surface area contributed by atoms with E-state index in [1.807, 2.05) is 0 Å². The van der Waals surface area contributed by atoms with Crippen LogP contribution < -0.4 is 5.73 Å². The molecule has 0 spiro atoms. The van der Waals surface area contributed by atoms with Crippen molar-refractivity contribution in [2.45, 2.75) is 20.4 Å². The fourth-order valence-corrected chi connectivity index (χ4v) is 2.70. The van der Waals surface area contributed by atoms with E-state index in [0.717, 1.165) is 38.4 Å². The second-order valence-electron chi connectivity index (χ2n) is 5.56. The highest BCUT2D eigenvalue weighted by Crippen LogP contribution is 2.21. The van der Waals surface area contributed by atoms with Crippen molar-refractivity contribution in [3.63, 3.8) is 0 Å². The molecule has 0 aromatic heterocycles. The van der Waals surface area contributed by atoms with Crippen LogP contribution in [-0.4, -0.2) is 36.2 Å². The van der Waals surface area contributed by atoms with Crippen LogP contribution in [0.3, 0.4) is 0 Å². The molecule has 1 aliphatic heterocycles. The van der Waals surface area contributed by atoms with Gasteiger partial charge in [0.2, 0.25) is 0 Å². The summed E-state index contributed by atoms with van der Waals surface area (Å²) in [7, 11) is 0. The first-order chi connectivity index (χ1) is 10.5. The first-order valence-corrected chi connectivity index (χ1v) is 7.74. The zero-order valence-corrected chi connectivity index (χ0v) is 13.9. The Morgan fingerprint density at radius 3 is 2.68 bits per heavy atom. The van der Waals surface area contributed by atoms with Gasteiger partial charge >= 0.3 is 0 Å². The van der Waals surface area contributed by atoms with E-state index >= 15 is 0 Å². The molecule has 22 heavy (non-hydrogen) atoms. The van der Waals surface area contributed by atoms with Crippen molar-refractivity contribution in [2.24, 2.45) is 5.73 Å². The van der Waals surface area contributed by atoms with E-state index in [0.29, 0.717) is 5.57 Å². The predicted molar refractivity (Wildman–Crippen MR) is 92.4 cm³/mol. The SMILES string of the molecule is Cc1cc(/C=C(\C#N)C(N)=S)c(C)c(CN2CCOCC2)c1. The molecule has 1 aromatic rings. The maximum Gasteiger partial charge on any atom is 0.114 e. The molecule has 1 saturated heterocycles. The molecule has 0 radical (unpaired) electrons. The maximum absolute atomic E-state index is 9.14. The van der Waals surface area contributed by atoms with Crippen LogP contribution in [-0.2, 0) is 11.3 Å². The van der Waals surface area contributed by atoms with Crippen LogP contribution in [0, 0.1) is 25.2 Å². The molecule has 1 aliphatic rings. The van der Waals surface area contributed by atoms with Gasteiger partial charge < -0.3 is 10.5 Å². The number of nitrogens with two attached hydrogens (primary N) is 1. The van der Waals surface area contributed by atoms with Crippen LogP contribution in [0.15, 0.2) is 17.7 Å². The minimum Gasteiger partial charge on any atom is -0.389 e. The molecule has 0 saturated carbocycles. The summed E-state index contributed by atoms with van der Waals surface area (Å²) in [6, 6.07) is 6.33. The third-order valence-electron chi connectivity index (χ3n) is 3.88. The number of benzene rings is 1. The van der Waals surface area contributed by atoms with Gasteiger partial charge in [-0.3, -0.25) is 4.90 Å². The Hall–Kier alpha value is -1.74. The molecule has 1 heterocycles. The number of aryl methyl sites for hydroxylation is 1. The van der Waals surface area contributed by atoms with E-state index in [4.69, 9.17) is 28.0 Å². The molecule has 0 amide bonds. The van der Waals surface area contributed by atoms with Crippen molar-refractivity contribution < 1.29 is 4.74 Å². The van der Waals surface area contributed by atoms with Gasteiger partial charge in [0.05, 0.1) is 18.8 Å². The number of nitrogens with zero attached hydrogens (tertiary/aromatic N) is 2. The molecule has 5 heteroatoms. The highest BCUT2D eigenvalue weighted by molar-refractivity contribution is 7.80. The van der Waals surface area contributed by atoms with E-state index in [2.05, 4.69) is 36.9 Å². The lowest BCUT2D eigenvalue weighted by Crippen LogP contribution is -2.35. The van der Waals surface area contributed by atoms with Crippen molar-refractivity contribution in [1.29, 1.82) is 5.26 Å². The normalized spacial score (nSPS) is 16.3. The number of hydrogen-bond acceptors (Lipinski definition) is 4. The first kappa shape index (κ1) is 16.6. The fraction of sp³-hybridized carbons (Fsp3) is 0.412. The van der Waals surface area contributed by atoms with Gasteiger partial charge in [0.25, 0.3) is 0 Å². The second-order valence-corrected chi connectivity index (χ2v) is 6.00. The number of rotatable bonds is 4. The predicted octanol–water partition coefficient (Wildman–Crippen LogP) is 2.33. The van der Waals surface area contributed by atoms with E-state index in [1.165, 1.54) is 16.7 Å². The third kappa shape index (κ3) is 4.14. The van der Waals surface area contributed by atoms with Gasteiger partial charge in [-0.25, -0.2) is 0 Å². The Morgan fingerprint density at radius 1 is 1.41 bits per heavy atom. The van der Waals surface area contributed by atoms with Crippen molar-refractivity contribution in [3.05, 3.63) is 40.0 Å². The summed E-state index contributed by atoms with van der Waals surface area (Å²) in [6.45, 7) is 8.52. The fourth-order valence-electron chi connectivity index (χ4n) is 2.59. The summed E-state index contributed by atoms with van der Waals surface area (Å²) in [5.41, 5.74) is 10.6. The topological polar surface area (TPSA) is 62.3 Å². The van der Waals surface area contributed by atoms with Gasteiger partial charge in [-0.15, -0.1) is 0 Å². The second kappa shape index (κ2) is 7.50. The van der Waals surface area contributed by atoms with Crippen LogP contribution >= 0.6 is 12.2 Å². The van der Waals surface area contributed by atoms with Crippen LogP contribution in [0.5, 0.6) is 0 Å². The van der Waals surface area contributed by atoms with Gasteiger partial charge in [-0.1, -0.05) is 29.9 Å². The van der Waals surface area contributed by atoms with Crippen molar-refractivity contribution in [2.75, 3.05) is 26.3 Å². The van der Waals surface area contributed by atoms with Gasteiger partial charge in [-0.05, 0) is 36.6 Å². The monoisotopic (exact) mass is 315 g/mol. The summed E-state index contributed by atoms with van der Waals surface area (Å²) in [5, 5.41) is 9.14. The standard InChI is InChI=1S/C17H21N3OS/c1-12-7-14(9-15(10-18)17(19)22)13(2)16(8-12)11-20-3-5-21-6-4-20/h7-9H,3-6,11H2,1-2H3,(H2,19,22)/b15-9+. The van der Waals surface area contributed by atoms with Crippen molar-refractivity contribution >= 4 is 23.3 Å². The van der Waals surface area contributed by atoms with E-state index in [9.17, 15) is 0 Å². The highest BCUT2D eigenvalue weighted by Gasteiger charge is 2.13. The molecular weight excluding hydrogens is 294 g/mol. The molecule has 4 nitrogen and oxygen atoms in total. The smallest absolute Gasteiger partial charge is 0.114 e. The summed E-state index contributed by atoms with van der Waals surface area (Å²) in [4.78, 5) is 2.52. The number of thiocarbonyl (C=S) groups is 1. The van der Waals surface area contributed by atoms with Gasteiger partial charge in [-0.2, -0.15) is 5.26 Å². The minimum absolute atomic E-state index is 0.137. The molecular formula is C17H21N3OS. The van der Waals surface area contributed by atoms with E-state index in [-0.39, 0.29) is 4.99 Å². The molecule has 2 N–H and O–H groups in total. The van der Waals surface area contributed by atoms with Gasteiger partial charge in [0, 0.05) is 19.6 Å². The van der Waals surface area contributed by atoms with Crippen LogP contribution in [0.1, 0.15) is 22.3 Å². The highest BCUT2D eigenvalue weighted by atomic mass is 32.1. The molecule has 1 fully saturated rings. The zero-order valence-electron chi connectivity index (χ0n) is 13.1. The first-order valence-electron chi connectivity index (χ1n) is 7.33. The van der Waals surface area contributed by atoms with E-state index < -0.39 is 0 Å². The number of ether oxygens (including phenoxy) is 1. The van der Waals surface area contributed by atoms with Crippen LogP contribution in [0.4, 0.5) is 0 Å². The van der Waals surface area contributed by atoms with Gasteiger partial charge in [0.15, 0.2) is 0 Å². The molecule has 0 atom stereocenters. The van der Waals surface area contributed by atoms with Crippen LogP contribution in [0.2, 0.25) is 0 Å². The molecule has 0 bridgehead atoms. The molecule has 2 rings (SSSR count). The average Bonchev–Trinajstić information content (AvgIpc) is 2.49. The summed E-state index contributed by atoms with van der Waals surface area (Å²) < 4.78 is 5.39. The molecule has 0 unspecified atom stereocenters.